The molecule has 0 radical (unpaired) electrons. The Morgan fingerprint density at radius 1 is 0.957 bits per heavy atom. The van der Waals surface area contributed by atoms with Crippen LogP contribution >= 0.6 is 11.6 Å². The third-order valence-electron chi connectivity index (χ3n) is 3.67. The summed E-state index contributed by atoms with van der Waals surface area (Å²) in [5, 5.41) is 0.834. The van der Waals surface area contributed by atoms with E-state index in [1.54, 1.807) is 0 Å². The lowest BCUT2D eigenvalue weighted by molar-refractivity contribution is 0.866. The first-order chi connectivity index (χ1) is 11.0. The molecule has 2 aromatic rings. The smallest absolute Gasteiger partial charge is 0.0639 e. The van der Waals surface area contributed by atoms with E-state index in [1.165, 1.54) is 5.69 Å². The summed E-state index contributed by atoms with van der Waals surface area (Å²) in [4.78, 5) is 4.29. The predicted molar refractivity (Wildman–Crippen MR) is 105 cm³/mol. The molecule has 0 bridgehead atoms. The number of para-hydroxylation sites is 2. The average molecular weight is 331 g/mol. The first-order valence-electron chi connectivity index (χ1n) is 7.95. The number of anilines is 2. The molecule has 0 saturated heterocycles. The van der Waals surface area contributed by atoms with Crippen LogP contribution in [0, 0.1) is 0 Å². The highest BCUT2D eigenvalue weighted by atomic mass is 35.5. The van der Waals surface area contributed by atoms with E-state index in [-0.39, 0.29) is 0 Å². The van der Waals surface area contributed by atoms with Crippen LogP contribution in [0.25, 0.3) is 0 Å². The minimum Gasteiger partial charge on any atom is -0.371 e. The lowest BCUT2D eigenvalue weighted by Crippen LogP contribution is -2.21. The van der Waals surface area contributed by atoms with Crippen molar-refractivity contribution in [2.75, 3.05) is 29.9 Å². The Kier molecular flexibility index (Phi) is 8.28. The summed E-state index contributed by atoms with van der Waals surface area (Å²) >= 11 is 6.03. The van der Waals surface area contributed by atoms with Crippen LogP contribution in [-0.2, 0) is 0 Å². The standard InChI is InChI=1S/C10H14ClN.C10H13N/c1-3-12(4-2)10-8-6-5-7-9(10)11;1-9(2)11(3)10-7-5-4-6-8-10/h5-8H,3-4H2,1-2H3;4-8H,1H2,2-3H3. The highest BCUT2D eigenvalue weighted by Gasteiger charge is 2.04. The van der Waals surface area contributed by atoms with E-state index in [1.807, 2.05) is 50.4 Å². The molecule has 0 heterocycles. The van der Waals surface area contributed by atoms with Crippen molar-refractivity contribution >= 4 is 23.0 Å². The van der Waals surface area contributed by atoms with Crippen LogP contribution < -0.4 is 9.80 Å². The lowest BCUT2D eigenvalue weighted by Gasteiger charge is -2.21. The van der Waals surface area contributed by atoms with Crippen LogP contribution in [-0.4, -0.2) is 20.1 Å². The van der Waals surface area contributed by atoms with Gasteiger partial charge in [-0.15, -0.1) is 0 Å². The van der Waals surface area contributed by atoms with E-state index in [4.69, 9.17) is 11.6 Å². The van der Waals surface area contributed by atoms with Gasteiger partial charge in [-0.25, -0.2) is 0 Å². The minimum atomic E-state index is 0.834. The van der Waals surface area contributed by atoms with Crippen LogP contribution in [0.3, 0.4) is 0 Å². The van der Waals surface area contributed by atoms with Gasteiger partial charge >= 0.3 is 0 Å². The van der Waals surface area contributed by atoms with E-state index >= 15 is 0 Å². The molecule has 0 saturated carbocycles. The fraction of sp³-hybridized carbons (Fsp3) is 0.300. The molecule has 0 unspecified atom stereocenters. The Hall–Kier alpha value is -1.93. The van der Waals surface area contributed by atoms with E-state index in [0.717, 1.165) is 29.5 Å². The van der Waals surface area contributed by atoms with Crippen LogP contribution in [0.2, 0.25) is 5.02 Å². The molecule has 2 aromatic carbocycles. The fourth-order valence-electron chi connectivity index (χ4n) is 2.14. The van der Waals surface area contributed by atoms with Crippen molar-refractivity contribution in [2.24, 2.45) is 0 Å². The van der Waals surface area contributed by atoms with Gasteiger partial charge in [0.15, 0.2) is 0 Å². The summed E-state index contributed by atoms with van der Waals surface area (Å²) in [6.07, 6.45) is 0. The minimum absolute atomic E-state index is 0.834. The SMILES string of the molecule is C=C(C)N(C)c1ccccc1.CCN(CC)c1ccccc1Cl. The topological polar surface area (TPSA) is 6.48 Å². The first-order valence-corrected chi connectivity index (χ1v) is 8.32. The van der Waals surface area contributed by atoms with Gasteiger partial charge in [0.1, 0.15) is 0 Å². The van der Waals surface area contributed by atoms with Gasteiger partial charge in [0, 0.05) is 31.5 Å². The van der Waals surface area contributed by atoms with Crippen molar-refractivity contribution in [3.05, 3.63) is 71.9 Å². The fourth-order valence-corrected chi connectivity index (χ4v) is 2.40. The number of nitrogens with zero attached hydrogens (tertiary/aromatic N) is 2. The summed E-state index contributed by atoms with van der Waals surface area (Å²) in [6, 6.07) is 18.1. The molecule has 0 amide bonds. The average Bonchev–Trinajstić information content (AvgIpc) is 2.58. The van der Waals surface area contributed by atoms with Crippen molar-refractivity contribution < 1.29 is 0 Å². The maximum atomic E-state index is 6.03. The van der Waals surface area contributed by atoms with Crippen molar-refractivity contribution in [3.63, 3.8) is 0 Å². The Balaban J connectivity index is 0.000000231. The highest BCUT2D eigenvalue weighted by molar-refractivity contribution is 6.33. The van der Waals surface area contributed by atoms with Gasteiger partial charge in [0.05, 0.1) is 10.7 Å². The Morgan fingerprint density at radius 2 is 1.48 bits per heavy atom. The van der Waals surface area contributed by atoms with Crippen molar-refractivity contribution in [1.29, 1.82) is 0 Å². The highest BCUT2D eigenvalue weighted by Crippen LogP contribution is 2.24. The van der Waals surface area contributed by atoms with E-state index in [9.17, 15) is 0 Å². The van der Waals surface area contributed by atoms with Crippen molar-refractivity contribution in [2.45, 2.75) is 20.8 Å². The molecule has 0 aromatic heterocycles. The van der Waals surface area contributed by atoms with Gasteiger partial charge < -0.3 is 9.80 Å². The van der Waals surface area contributed by atoms with Crippen molar-refractivity contribution in [3.8, 4) is 0 Å². The number of rotatable bonds is 5. The molecule has 0 aliphatic rings. The second-order valence-corrected chi connectivity index (χ2v) is 5.66. The number of halogens is 1. The molecule has 3 heteroatoms. The second kappa shape index (κ2) is 9.96. The summed E-state index contributed by atoms with van der Waals surface area (Å²) in [7, 11) is 2.01. The molecule has 0 atom stereocenters. The molecule has 0 N–H and O–H groups in total. The van der Waals surface area contributed by atoms with Crippen molar-refractivity contribution in [1.82, 2.24) is 0 Å². The quantitative estimate of drug-likeness (QED) is 0.679. The summed E-state index contributed by atoms with van der Waals surface area (Å²) in [5.74, 6) is 0. The molecule has 2 nitrogen and oxygen atoms in total. The molecule has 0 fully saturated rings. The number of hydrogen-bond acceptors (Lipinski definition) is 2. The molecule has 124 valence electrons. The lowest BCUT2D eigenvalue weighted by atomic mass is 10.3. The third-order valence-corrected chi connectivity index (χ3v) is 3.99. The monoisotopic (exact) mass is 330 g/mol. The van der Waals surface area contributed by atoms with Gasteiger partial charge in [-0.2, -0.15) is 0 Å². The predicted octanol–water partition coefficient (Wildman–Crippen LogP) is 5.84. The van der Waals surface area contributed by atoms with E-state index in [0.29, 0.717) is 0 Å². The number of benzene rings is 2. The Bertz CT molecular complexity index is 592. The third kappa shape index (κ3) is 5.99. The Labute approximate surface area is 146 Å². The normalized spacial score (nSPS) is 9.61. The molecular formula is C20H27ClN2. The summed E-state index contributed by atoms with van der Waals surface area (Å²) in [5.41, 5.74) is 3.36. The molecule has 23 heavy (non-hydrogen) atoms. The van der Waals surface area contributed by atoms with Crippen LogP contribution in [0.5, 0.6) is 0 Å². The first kappa shape index (κ1) is 19.1. The van der Waals surface area contributed by atoms with Crippen LogP contribution in [0.15, 0.2) is 66.9 Å². The largest absolute Gasteiger partial charge is 0.371 e. The van der Waals surface area contributed by atoms with Gasteiger partial charge in [0.25, 0.3) is 0 Å². The zero-order valence-electron chi connectivity index (χ0n) is 14.6. The van der Waals surface area contributed by atoms with Gasteiger partial charge in [0.2, 0.25) is 0 Å². The van der Waals surface area contributed by atoms with Crippen LogP contribution in [0.4, 0.5) is 11.4 Å². The zero-order valence-corrected chi connectivity index (χ0v) is 15.3. The number of allylic oxidation sites excluding steroid dienone is 1. The summed E-state index contributed by atoms with van der Waals surface area (Å²) < 4.78 is 0. The summed E-state index contributed by atoms with van der Waals surface area (Å²) in [6.45, 7) is 12.1. The molecule has 0 aliphatic heterocycles. The molecular weight excluding hydrogens is 304 g/mol. The van der Waals surface area contributed by atoms with Gasteiger partial charge in [-0.05, 0) is 45.0 Å². The van der Waals surface area contributed by atoms with Gasteiger partial charge in [-0.1, -0.05) is 48.5 Å². The molecule has 2 rings (SSSR count). The maximum Gasteiger partial charge on any atom is 0.0639 e. The zero-order chi connectivity index (χ0) is 17.2. The van der Waals surface area contributed by atoms with Crippen LogP contribution in [0.1, 0.15) is 20.8 Å². The second-order valence-electron chi connectivity index (χ2n) is 5.25. The Morgan fingerprint density at radius 3 is 1.96 bits per heavy atom. The molecule has 0 aliphatic carbocycles. The number of hydrogen-bond donors (Lipinski definition) is 0. The maximum absolute atomic E-state index is 6.03. The van der Waals surface area contributed by atoms with E-state index in [2.05, 4.69) is 48.4 Å². The van der Waals surface area contributed by atoms with E-state index < -0.39 is 0 Å². The molecule has 0 spiro atoms. The van der Waals surface area contributed by atoms with Gasteiger partial charge in [-0.3, -0.25) is 0 Å².